The SMILES string of the molecule is c1ccc(-c2ccc3c4c([Si](c5ccccc5)(c5ccccc5)c5ccccc5)cccc4n(-c4cccc5c6ccccc6n(-c6ccccc6)c45)c3c2)cc1. The smallest absolute Gasteiger partial charge is 0.180 e. The van der Waals surface area contributed by atoms with Crippen molar-refractivity contribution in [3.63, 3.8) is 0 Å². The van der Waals surface area contributed by atoms with Crippen molar-refractivity contribution >= 4 is 72.4 Å². The number of rotatable bonds is 7. The van der Waals surface area contributed by atoms with Gasteiger partial charge in [-0.1, -0.05) is 194 Å². The van der Waals surface area contributed by atoms with Crippen molar-refractivity contribution in [2.75, 3.05) is 0 Å². The lowest BCUT2D eigenvalue weighted by Crippen LogP contribution is -2.74. The van der Waals surface area contributed by atoms with Gasteiger partial charge in [-0.3, -0.25) is 0 Å². The van der Waals surface area contributed by atoms with Gasteiger partial charge >= 0.3 is 0 Å². The van der Waals surface area contributed by atoms with Gasteiger partial charge in [0.25, 0.3) is 0 Å². The van der Waals surface area contributed by atoms with Crippen LogP contribution in [0.5, 0.6) is 0 Å². The molecular weight excluding hydrogens is 705 g/mol. The molecule has 0 aliphatic rings. The van der Waals surface area contributed by atoms with E-state index >= 15 is 0 Å². The molecule has 0 bridgehead atoms. The van der Waals surface area contributed by atoms with Crippen LogP contribution in [0, 0.1) is 0 Å². The van der Waals surface area contributed by atoms with E-state index < -0.39 is 8.07 Å². The van der Waals surface area contributed by atoms with Crippen LogP contribution in [-0.4, -0.2) is 17.2 Å². The van der Waals surface area contributed by atoms with Crippen LogP contribution in [-0.2, 0) is 0 Å². The molecule has 0 fully saturated rings. The third-order valence-corrected chi connectivity index (χ3v) is 16.7. The van der Waals surface area contributed by atoms with Crippen molar-refractivity contribution in [2.24, 2.45) is 0 Å². The minimum absolute atomic E-state index is 1.14. The monoisotopic (exact) mass is 742 g/mol. The third-order valence-electron chi connectivity index (χ3n) is 11.9. The van der Waals surface area contributed by atoms with Gasteiger partial charge < -0.3 is 9.13 Å². The summed E-state index contributed by atoms with van der Waals surface area (Å²) in [7, 11) is -2.91. The molecule has 268 valence electrons. The standard InChI is InChI=1S/C54H38N2Si/c1-6-20-39(21-7-1)40-36-37-47-51(38-40)56(50-34-18-31-46-45-30-16-17-32-48(45)55(54(46)50)41-22-8-2-9-23-41)49-33-19-35-52(53(47)49)57(42-24-10-3-11-25-42,43-26-12-4-13-27-43)44-28-14-5-15-29-44/h1-38H. The summed E-state index contributed by atoms with van der Waals surface area (Å²) in [5.74, 6) is 0. The minimum atomic E-state index is -2.91. The molecule has 0 amide bonds. The first-order valence-electron chi connectivity index (χ1n) is 19.7. The highest BCUT2D eigenvalue weighted by atomic mass is 28.3. The predicted octanol–water partition coefficient (Wildman–Crippen LogP) is 10.9. The van der Waals surface area contributed by atoms with E-state index in [2.05, 4.69) is 240 Å². The van der Waals surface area contributed by atoms with Gasteiger partial charge in [0.15, 0.2) is 8.07 Å². The molecule has 9 aromatic carbocycles. The summed E-state index contributed by atoms with van der Waals surface area (Å²) in [5.41, 5.74) is 9.47. The number of hydrogen-bond acceptors (Lipinski definition) is 0. The van der Waals surface area contributed by atoms with Crippen LogP contribution in [0.2, 0.25) is 0 Å². The molecule has 2 heterocycles. The molecule has 0 spiro atoms. The number of fused-ring (bicyclic) bond motifs is 6. The maximum Gasteiger partial charge on any atom is 0.180 e. The van der Waals surface area contributed by atoms with Crippen LogP contribution >= 0.6 is 0 Å². The van der Waals surface area contributed by atoms with Crippen molar-refractivity contribution < 1.29 is 0 Å². The van der Waals surface area contributed by atoms with Crippen molar-refractivity contribution in [2.45, 2.75) is 0 Å². The predicted molar refractivity (Wildman–Crippen MR) is 244 cm³/mol. The quantitative estimate of drug-likeness (QED) is 0.114. The molecule has 2 nitrogen and oxygen atoms in total. The molecule has 0 atom stereocenters. The Morgan fingerprint density at radius 2 is 0.842 bits per heavy atom. The Morgan fingerprint density at radius 1 is 0.316 bits per heavy atom. The molecule has 0 saturated heterocycles. The van der Waals surface area contributed by atoms with Crippen molar-refractivity contribution in [1.29, 1.82) is 0 Å². The second-order valence-corrected chi connectivity index (χ2v) is 18.6. The molecule has 0 radical (unpaired) electrons. The van der Waals surface area contributed by atoms with Crippen molar-refractivity contribution in [1.82, 2.24) is 9.13 Å². The average Bonchev–Trinajstić information content (AvgIpc) is 3.81. The highest BCUT2D eigenvalue weighted by Crippen LogP contribution is 2.40. The van der Waals surface area contributed by atoms with E-state index in [4.69, 9.17) is 0 Å². The van der Waals surface area contributed by atoms with Gasteiger partial charge in [0.05, 0.1) is 27.8 Å². The normalized spacial score (nSPS) is 11.9. The zero-order valence-corrected chi connectivity index (χ0v) is 32.3. The van der Waals surface area contributed by atoms with Crippen molar-refractivity contribution in [3.8, 4) is 22.5 Å². The summed E-state index contributed by atoms with van der Waals surface area (Å²) >= 11 is 0. The number of aromatic nitrogens is 2. The summed E-state index contributed by atoms with van der Waals surface area (Å²) in [6.45, 7) is 0. The lowest BCUT2D eigenvalue weighted by molar-refractivity contribution is 1.13. The summed E-state index contributed by atoms with van der Waals surface area (Å²) in [6.07, 6.45) is 0. The molecule has 11 aromatic rings. The van der Waals surface area contributed by atoms with Gasteiger partial charge in [0, 0.05) is 27.2 Å². The van der Waals surface area contributed by atoms with E-state index in [9.17, 15) is 0 Å². The molecule has 11 rings (SSSR count). The van der Waals surface area contributed by atoms with E-state index in [1.807, 2.05) is 0 Å². The Kier molecular flexibility index (Phi) is 7.87. The fourth-order valence-electron chi connectivity index (χ4n) is 9.51. The number of para-hydroxylation sites is 3. The molecule has 57 heavy (non-hydrogen) atoms. The Morgan fingerprint density at radius 3 is 1.49 bits per heavy atom. The van der Waals surface area contributed by atoms with E-state index in [1.165, 1.54) is 75.5 Å². The maximum absolute atomic E-state index is 2.91. The summed E-state index contributed by atoms with van der Waals surface area (Å²) in [6, 6.07) is 85.3. The molecule has 0 N–H and O–H groups in total. The van der Waals surface area contributed by atoms with Gasteiger partial charge in [-0.25, -0.2) is 0 Å². The van der Waals surface area contributed by atoms with Gasteiger partial charge in [-0.05, 0) is 68.3 Å². The van der Waals surface area contributed by atoms with Gasteiger partial charge in [-0.2, -0.15) is 0 Å². The molecule has 2 aromatic heterocycles. The third kappa shape index (κ3) is 5.10. The fourth-order valence-corrected chi connectivity index (χ4v) is 14.5. The van der Waals surface area contributed by atoms with Crippen LogP contribution in [0.25, 0.3) is 66.1 Å². The first-order chi connectivity index (χ1) is 28.3. The fraction of sp³-hybridized carbons (Fsp3) is 0. The summed E-state index contributed by atoms with van der Waals surface area (Å²) in [4.78, 5) is 0. The molecule has 0 unspecified atom stereocenters. The van der Waals surface area contributed by atoms with Crippen molar-refractivity contribution in [3.05, 3.63) is 231 Å². The van der Waals surface area contributed by atoms with E-state index in [0.29, 0.717) is 0 Å². The van der Waals surface area contributed by atoms with Crippen LogP contribution in [0.15, 0.2) is 231 Å². The van der Waals surface area contributed by atoms with Gasteiger partial charge in [0.2, 0.25) is 0 Å². The molecule has 0 aliphatic carbocycles. The van der Waals surface area contributed by atoms with E-state index in [-0.39, 0.29) is 0 Å². The topological polar surface area (TPSA) is 9.86 Å². The number of hydrogen-bond donors (Lipinski definition) is 0. The first kappa shape index (κ1) is 33.2. The number of nitrogens with zero attached hydrogens (tertiary/aromatic N) is 2. The Balaban J connectivity index is 1.34. The second kappa shape index (κ2) is 13.5. The lowest BCUT2D eigenvalue weighted by Gasteiger charge is -2.35. The number of benzene rings is 9. The Bertz CT molecular complexity index is 3110. The highest BCUT2D eigenvalue weighted by molar-refractivity contribution is 7.20. The zero-order valence-electron chi connectivity index (χ0n) is 31.3. The van der Waals surface area contributed by atoms with E-state index in [0.717, 1.165) is 11.4 Å². The summed E-state index contributed by atoms with van der Waals surface area (Å²) in [5, 5.41) is 10.5. The summed E-state index contributed by atoms with van der Waals surface area (Å²) < 4.78 is 5.01. The minimum Gasteiger partial charge on any atom is -0.307 e. The molecule has 0 saturated carbocycles. The Hall–Kier alpha value is -7.20. The van der Waals surface area contributed by atoms with Gasteiger partial charge in [0.1, 0.15) is 0 Å². The van der Waals surface area contributed by atoms with Crippen LogP contribution < -0.4 is 20.7 Å². The first-order valence-corrected chi connectivity index (χ1v) is 21.7. The largest absolute Gasteiger partial charge is 0.307 e. The highest BCUT2D eigenvalue weighted by Gasteiger charge is 2.43. The van der Waals surface area contributed by atoms with Gasteiger partial charge in [-0.15, -0.1) is 0 Å². The van der Waals surface area contributed by atoms with Crippen LogP contribution in [0.4, 0.5) is 0 Å². The van der Waals surface area contributed by atoms with Crippen LogP contribution in [0.3, 0.4) is 0 Å². The molecule has 0 aliphatic heterocycles. The zero-order chi connectivity index (χ0) is 37.8. The molecule has 3 heteroatoms. The maximum atomic E-state index is 2.56. The van der Waals surface area contributed by atoms with Crippen LogP contribution in [0.1, 0.15) is 0 Å². The molecular formula is C54H38N2Si. The average molecular weight is 743 g/mol. The van der Waals surface area contributed by atoms with E-state index in [1.54, 1.807) is 0 Å². The lowest BCUT2D eigenvalue weighted by atomic mass is 10.0. The second-order valence-electron chi connectivity index (χ2n) is 14.8. The Labute approximate surface area is 333 Å².